The van der Waals surface area contributed by atoms with Crippen LogP contribution in [0.3, 0.4) is 0 Å². The van der Waals surface area contributed by atoms with Crippen molar-refractivity contribution >= 4 is 39.1 Å². The average Bonchev–Trinajstić information content (AvgIpc) is 2.54. The number of carbonyl (C=O) groups is 2. The fourth-order valence-electron chi connectivity index (χ4n) is 2.01. The van der Waals surface area contributed by atoms with Gasteiger partial charge in [0.25, 0.3) is 0 Å². The van der Waals surface area contributed by atoms with E-state index in [-0.39, 0.29) is 18.4 Å². The lowest BCUT2D eigenvalue weighted by atomic mass is 10.2. The number of carbonyl (C=O) groups excluding carboxylic acids is 2. The summed E-state index contributed by atoms with van der Waals surface area (Å²) in [6.07, 6.45) is 0. The molecular formula is C17H14BrN3O2. The Morgan fingerprint density at radius 3 is 2.39 bits per heavy atom. The first kappa shape index (κ1) is 16.7. The molecule has 0 radical (unpaired) electrons. The number of amides is 2. The number of benzene rings is 2. The number of anilines is 2. The molecule has 2 rings (SSSR count). The Morgan fingerprint density at radius 2 is 1.83 bits per heavy atom. The Bertz CT molecular complexity index is 766. The molecule has 0 atom stereocenters. The lowest BCUT2D eigenvalue weighted by Crippen LogP contribution is -2.36. The molecule has 0 bridgehead atoms. The highest BCUT2D eigenvalue weighted by Gasteiger charge is 2.17. The van der Waals surface area contributed by atoms with Gasteiger partial charge in [-0.15, -0.1) is 0 Å². The Labute approximate surface area is 142 Å². The zero-order valence-corrected chi connectivity index (χ0v) is 14.0. The van der Waals surface area contributed by atoms with E-state index >= 15 is 0 Å². The lowest BCUT2D eigenvalue weighted by Gasteiger charge is -2.21. The van der Waals surface area contributed by atoms with Crippen LogP contribution in [0.2, 0.25) is 0 Å². The van der Waals surface area contributed by atoms with Gasteiger partial charge in [0.05, 0.1) is 17.3 Å². The van der Waals surface area contributed by atoms with Crippen LogP contribution in [-0.4, -0.2) is 18.4 Å². The number of hydrogen-bond acceptors (Lipinski definition) is 3. The van der Waals surface area contributed by atoms with Crippen molar-refractivity contribution in [3.63, 3.8) is 0 Å². The molecule has 0 fully saturated rings. The first-order valence-corrected chi connectivity index (χ1v) is 7.63. The third-order valence-corrected chi connectivity index (χ3v) is 3.79. The molecular weight excluding hydrogens is 358 g/mol. The smallest absolute Gasteiger partial charge is 0.244 e. The Kier molecular flexibility index (Phi) is 5.50. The molecule has 23 heavy (non-hydrogen) atoms. The van der Waals surface area contributed by atoms with Crippen molar-refractivity contribution in [1.82, 2.24) is 0 Å². The summed E-state index contributed by atoms with van der Waals surface area (Å²) in [6, 6.07) is 15.7. The minimum atomic E-state index is -0.319. The van der Waals surface area contributed by atoms with E-state index in [1.165, 1.54) is 11.8 Å². The summed E-state index contributed by atoms with van der Waals surface area (Å²) in [4.78, 5) is 25.4. The Hall–Kier alpha value is -2.65. The number of nitrogens with zero attached hydrogens (tertiary/aromatic N) is 2. The standard InChI is InChI=1S/C17H14BrN3O2/c1-12(22)21(16-5-3-2-4-15(16)18)11-17(23)20-14-8-6-13(10-19)7-9-14/h2-9H,11H2,1H3,(H,20,23). The topological polar surface area (TPSA) is 73.2 Å². The minimum absolute atomic E-state index is 0.0993. The summed E-state index contributed by atoms with van der Waals surface area (Å²) in [5.74, 6) is -0.549. The molecule has 0 aliphatic rings. The van der Waals surface area contributed by atoms with Crippen molar-refractivity contribution in [2.45, 2.75) is 6.92 Å². The quantitative estimate of drug-likeness (QED) is 0.895. The number of para-hydroxylation sites is 1. The second-order valence-corrected chi connectivity index (χ2v) is 5.65. The van der Waals surface area contributed by atoms with E-state index < -0.39 is 0 Å². The molecule has 2 aromatic carbocycles. The number of halogens is 1. The minimum Gasteiger partial charge on any atom is -0.325 e. The van der Waals surface area contributed by atoms with E-state index in [0.29, 0.717) is 16.9 Å². The van der Waals surface area contributed by atoms with E-state index in [1.807, 2.05) is 18.2 Å². The van der Waals surface area contributed by atoms with Gasteiger partial charge in [-0.2, -0.15) is 5.26 Å². The van der Waals surface area contributed by atoms with E-state index in [2.05, 4.69) is 21.2 Å². The largest absolute Gasteiger partial charge is 0.325 e. The molecule has 2 aromatic rings. The highest BCUT2D eigenvalue weighted by molar-refractivity contribution is 9.10. The maximum atomic E-state index is 12.2. The molecule has 0 saturated carbocycles. The van der Waals surface area contributed by atoms with Crippen LogP contribution >= 0.6 is 15.9 Å². The third-order valence-electron chi connectivity index (χ3n) is 3.12. The van der Waals surface area contributed by atoms with Gasteiger partial charge in [-0.1, -0.05) is 12.1 Å². The summed E-state index contributed by atoms with van der Waals surface area (Å²) in [5.41, 5.74) is 1.72. The van der Waals surface area contributed by atoms with Gasteiger partial charge in [-0.3, -0.25) is 9.59 Å². The second-order valence-electron chi connectivity index (χ2n) is 4.79. The molecule has 1 N–H and O–H groups in total. The van der Waals surface area contributed by atoms with Crippen LogP contribution < -0.4 is 10.2 Å². The van der Waals surface area contributed by atoms with Crippen molar-refractivity contribution in [3.8, 4) is 6.07 Å². The molecule has 0 aromatic heterocycles. The van der Waals surface area contributed by atoms with Gasteiger partial charge < -0.3 is 10.2 Å². The molecule has 0 saturated heterocycles. The number of nitrogens with one attached hydrogen (secondary N) is 1. The molecule has 2 amide bonds. The van der Waals surface area contributed by atoms with Crippen LogP contribution in [0.1, 0.15) is 12.5 Å². The second kappa shape index (κ2) is 7.56. The molecule has 0 spiro atoms. The van der Waals surface area contributed by atoms with Crippen molar-refractivity contribution in [3.05, 3.63) is 58.6 Å². The summed E-state index contributed by atoms with van der Waals surface area (Å²) in [5, 5.41) is 11.5. The first-order valence-electron chi connectivity index (χ1n) is 6.84. The fraction of sp³-hybridized carbons (Fsp3) is 0.118. The average molecular weight is 372 g/mol. The van der Waals surface area contributed by atoms with Crippen LogP contribution in [0.15, 0.2) is 53.0 Å². The van der Waals surface area contributed by atoms with E-state index in [4.69, 9.17) is 5.26 Å². The monoisotopic (exact) mass is 371 g/mol. The molecule has 5 nitrogen and oxygen atoms in total. The van der Waals surface area contributed by atoms with Gasteiger partial charge in [-0.05, 0) is 52.3 Å². The van der Waals surface area contributed by atoms with E-state index in [0.717, 1.165) is 4.47 Å². The molecule has 0 unspecified atom stereocenters. The number of nitriles is 1. The predicted molar refractivity (Wildman–Crippen MR) is 92.0 cm³/mol. The molecule has 0 aliphatic heterocycles. The molecule has 6 heteroatoms. The van der Waals surface area contributed by atoms with Crippen molar-refractivity contribution in [2.75, 3.05) is 16.8 Å². The van der Waals surface area contributed by atoms with Crippen LogP contribution in [0, 0.1) is 11.3 Å². The maximum Gasteiger partial charge on any atom is 0.244 e. The predicted octanol–water partition coefficient (Wildman–Crippen LogP) is 3.31. The zero-order valence-electron chi connectivity index (χ0n) is 12.4. The van der Waals surface area contributed by atoms with Crippen LogP contribution in [0.25, 0.3) is 0 Å². The van der Waals surface area contributed by atoms with Crippen molar-refractivity contribution in [2.24, 2.45) is 0 Å². The highest BCUT2D eigenvalue weighted by Crippen LogP contribution is 2.25. The Balaban J connectivity index is 2.11. The normalized spacial score (nSPS) is 9.78. The molecule has 0 aliphatic carbocycles. The first-order chi connectivity index (χ1) is 11.0. The van der Waals surface area contributed by atoms with Crippen molar-refractivity contribution in [1.29, 1.82) is 5.26 Å². The van der Waals surface area contributed by atoms with E-state index in [9.17, 15) is 9.59 Å². The van der Waals surface area contributed by atoms with Gasteiger partial charge in [0.2, 0.25) is 11.8 Å². The van der Waals surface area contributed by atoms with Gasteiger partial charge in [-0.25, -0.2) is 0 Å². The van der Waals surface area contributed by atoms with E-state index in [1.54, 1.807) is 36.4 Å². The third kappa shape index (κ3) is 4.41. The molecule has 0 heterocycles. The maximum absolute atomic E-state index is 12.2. The number of hydrogen-bond donors (Lipinski definition) is 1. The van der Waals surface area contributed by atoms with Gasteiger partial charge in [0.15, 0.2) is 0 Å². The summed E-state index contributed by atoms with van der Waals surface area (Å²) < 4.78 is 0.737. The number of rotatable bonds is 4. The van der Waals surface area contributed by atoms with Gasteiger partial charge in [0.1, 0.15) is 6.54 Å². The van der Waals surface area contributed by atoms with Crippen molar-refractivity contribution < 1.29 is 9.59 Å². The Morgan fingerprint density at radius 1 is 1.17 bits per heavy atom. The van der Waals surface area contributed by atoms with Gasteiger partial charge >= 0.3 is 0 Å². The zero-order chi connectivity index (χ0) is 16.8. The van der Waals surface area contributed by atoms with Gasteiger partial charge in [0, 0.05) is 17.1 Å². The van der Waals surface area contributed by atoms with Crippen LogP contribution in [0.5, 0.6) is 0 Å². The summed E-state index contributed by atoms with van der Waals surface area (Å²) in [6.45, 7) is 1.31. The summed E-state index contributed by atoms with van der Waals surface area (Å²) in [7, 11) is 0. The highest BCUT2D eigenvalue weighted by atomic mass is 79.9. The molecule has 116 valence electrons. The SMILES string of the molecule is CC(=O)N(CC(=O)Nc1ccc(C#N)cc1)c1ccccc1Br. The van der Waals surface area contributed by atoms with Crippen LogP contribution in [0.4, 0.5) is 11.4 Å². The van der Waals surface area contributed by atoms with Crippen LogP contribution in [-0.2, 0) is 9.59 Å². The fourth-order valence-corrected chi connectivity index (χ4v) is 2.51. The lowest BCUT2D eigenvalue weighted by molar-refractivity contribution is -0.120. The summed E-state index contributed by atoms with van der Waals surface area (Å²) >= 11 is 3.38.